The van der Waals surface area contributed by atoms with Crippen LogP contribution in [0.1, 0.15) is 30.1 Å². The fraction of sp³-hybridized carbons (Fsp3) is 0.467. The van der Waals surface area contributed by atoms with Crippen molar-refractivity contribution in [3.8, 4) is 0 Å². The molecule has 1 fully saturated rings. The molecule has 5 nitrogen and oxygen atoms in total. The van der Waals surface area contributed by atoms with Gasteiger partial charge >= 0.3 is 0 Å². The van der Waals surface area contributed by atoms with Crippen molar-refractivity contribution in [3.63, 3.8) is 0 Å². The van der Waals surface area contributed by atoms with Gasteiger partial charge in [-0.05, 0) is 30.5 Å². The van der Waals surface area contributed by atoms with Crippen molar-refractivity contribution in [1.82, 2.24) is 15.0 Å². The van der Waals surface area contributed by atoms with E-state index >= 15 is 0 Å². The van der Waals surface area contributed by atoms with Crippen molar-refractivity contribution in [2.45, 2.75) is 31.9 Å². The van der Waals surface area contributed by atoms with Crippen molar-refractivity contribution in [1.29, 1.82) is 0 Å². The van der Waals surface area contributed by atoms with E-state index in [1.165, 1.54) is 12.1 Å². The quantitative estimate of drug-likeness (QED) is 0.930. The molecule has 2 heterocycles. The van der Waals surface area contributed by atoms with E-state index in [1.807, 2.05) is 6.07 Å². The Hall–Kier alpha value is -1.79. The number of aliphatic hydroxyl groups is 1. The Morgan fingerprint density at radius 3 is 2.90 bits per heavy atom. The highest BCUT2D eigenvalue weighted by molar-refractivity contribution is 5.19. The lowest BCUT2D eigenvalue weighted by Gasteiger charge is -2.27. The summed E-state index contributed by atoms with van der Waals surface area (Å²) in [6.45, 7) is 2.27. The molecule has 1 N–H and O–H groups in total. The Bertz CT molecular complexity index is 594. The molecule has 1 aromatic heterocycles. The predicted octanol–water partition coefficient (Wildman–Crippen LogP) is 1.76. The zero-order valence-electron chi connectivity index (χ0n) is 11.7. The average molecular weight is 291 g/mol. The van der Waals surface area contributed by atoms with Crippen LogP contribution in [-0.4, -0.2) is 39.3 Å². The largest absolute Gasteiger partial charge is 0.393 e. The minimum Gasteiger partial charge on any atom is -0.393 e. The van der Waals surface area contributed by atoms with Crippen LogP contribution in [0.3, 0.4) is 0 Å². The van der Waals surface area contributed by atoms with Crippen LogP contribution in [0.15, 0.2) is 28.8 Å². The van der Waals surface area contributed by atoms with E-state index in [0.717, 1.165) is 31.5 Å². The van der Waals surface area contributed by atoms with Gasteiger partial charge < -0.3 is 9.63 Å². The number of hydrogen-bond acceptors (Lipinski definition) is 5. The first kappa shape index (κ1) is 14.2. The maximum Gasteiger partial charge on any atom is 0.240 e. The van der Waals surface area contributed by atoms with Crippen molar-refractivity contribution in [2.24, 2.45) is 0 Å². The Morgan fingerprint density at radius 2 is 2.14 bits per heavy atom. The summed E-state index contributed by atoms with van der Waals surface area (Å²) in [5, 5.41) is 13.4. The molecule has 0 amide bonds. The fourth-order valence-corrected chi connectivity index (χ4v) is 2.52. The first-order chi connectivity index (χ1) is 10.2. The number of benzene rings is 1. The molecular weight excluding hydrogens is 273 g/mol. The van der Waals surface area contributed by atoms with Crippen LogP contribution < -0.4 is 0 Å². The Kier molecular flexibility index (Phi) is 4.26. The van der Waals surface area contributed by atoms with Gasteiger partial charge in [0.05, 0.1) is 12.6 Å². The summed E-state index contributed by atoms with van der Waals surface area (Å²) in [7, 11) is 0. The molecule has 0 bridgehead atoms. The molecule has 112 valence electrons. The molecule has 21 heavy (non-hydrogen) atoms. The van der Waals surface area contributed by atoms with Gasteiger partial charge in [0, 0.05) is 19.5 Å². The summed E-state index contributed by atoms with van der Waals surface area (Å²) in [6.07, 6.45) is 1.83. The molecule has 0 saturated carbocycles. The maximum atomic E-state index is 13.1. The number of aliphatic hydroxyl groups excluding tert-OH is 1. The van der Waals surface area contributed by atoms with Gasteiger partial charge in [0.2, 0.25) is 5.89 Å². The van der Waals surface area contributed by atoms with Gasteiger partial charge in [-0.3, -0.25) is 4.90 Å². The third-order valence-electron chi connectivity index (χ3n) is 3.68. The van der Waals surface area contributed by atoms with Gasteiger partial charge in [-0.1, -0.05) is 17.3 Å². The second-order valence-corrected chi connectivity index (χ2v) is 5.42. The summed E-state index contributed by atoms with van der Waals surface area (Å²) in [5.41, 5.74) is 0.823. The Labute approximate surface area is 122 Å². The van der Waals surface area contributed by atoms with Crippen LogP contribution in [0.2, 0.25) is 0 Å². The van der Waals surface area contributed by atoms with Crippen molar-refractivity contribution in [2.75, 3.05) is 13.1 Å². The molecule has 1 aliphatic heterocycles. The number of halogens is 1. The third kappa shape index (κ3) is 3.86. The van der Waals surface area contributed by atoms with Gasteiger partial charge in [-0.15, -0.1) is 0 Å². The summed E-state index contributed by atoms with van der Waals surface area (Å²) in [5.74, 6) is 0.869. The van der Waals surface area contributed by atoms with E-state index in [0.29, 0.717) is 24.7 Å². The maximum absolute atomic E-state index is 13.1. The standard InChI is InChI=1S/C15H18FN3O2/c16-12-3-1-2-11(8-12)9-14-17-15(21-18-14)10-19-6-4-13(20)5-7-19/h1-3,8,13,20H,4-7,9-10H2. The van der Waals surface area contributed by atoms with Crippen LogP contribution in [0, 0.1) is 5.82 Å². The van der Waals surface area contributed by atoms with Crippen LogP contribution in [0.4, 0.5) is 4.39 Å². The number of rotatable bonds is 4. The summed E-state index contributed by atoms with van der Waals surface area (Å²) in [6, 6.07) is 6.40. The van der Waals surface area contributed by atoms with Gasteiger partial charge in [0.15, 0.2) is 5.82 Å². The number of piperidine rings is 1. The lowest BCUT2D eigenvalue weighted by Crippen LogP contribution is -2.35. The van der Waals surface area contributed by atoms with Gasteiger partial charge in [0.25, 0.3) is 0 Å². The minimum absolute atomic E-state index is 0.188. The second-order valence-electron chi connectivity index (χ2n) is 5.42. The Morgan fingerprint density at radius 1 is 1.33 bits per heavy atom. The molecule has 0 spiro atoms. The minimum atomic E-state index is -0.261. The van der Waals surface area contributed by atoms with Crippen LogP contribution in [0.25, 0.3) is 0 Å². The first-order valence-electron chi connectivity index (χ1n) is 7.15. The molecule has 0 unspecified atom stereocenters. The molecule has 0 radical (unpaired) electrons. The lowest BCUT2D eigenvalue weighted by atomic mass is 10.1. The summed E-state index contributed by atoms with van der Waals surface area (Å²) >= 11 is 0. The van der Waals surface area contributed by atoms with Crippen LogP contribution in [0.5, 0.6) is 0 Å². The first-order valence-corrected chi connectivity index (χ1v) is 7.15. The fourth-order valence-electron chi connectivity index (χ4n) is 2.52. The monoisotopic (exact) mass is 291 g/mol. The number of aromatic nitrogens is 2. The number of hydrogen-bond donors (Lipinski definition) is 1. The molecule has 1 aromatic carbocycles. The number of likely N-dealkylation sites (tertiary alicyclic amines) is 1. The lowest BCUT2D eigenvalue weighted by molar-refractivity contribution is 0.0740. The highest BCUT2D eigenvalue weighted by Crippen LogP contribution is 2.14. The normalized spacial score (nSPS) is 17.2. The molecule has 0 atom stereocenters. The van der Waals surface area contributed by atoms with Crippen LogP contribution >= 0.6 is 0 Å². The number of nitrogens with zero attached hydrogens (tertiary/aromatic N) is 3. The smallest absolute Gasteiger partial charge is 0.240 e. The van der Waals surface area contributed by atoms with E-state index in [1.54, 1.807) is 6.07 Å². The predicted molar refractivity (Wildman–Crippen MR) is 74.0 cm³/mol. The molecule has 2 aromatic rings. The second kappa shape index (κ2) is 6.32. The summed E-state index contributed by atoms with van der Waals surface area (Å²) in [4.78, 5) is 6.53. The third-order valence-corrected chi connectivity index (χ3v) is 3.68. The van der Waals surface area contributed by atoms with Gasteiger partial charge in [-0.25, -0.2) is 4.39 Å². The zero-order chi connectivity index (χ0) is 14.7. The van der Waals surface area contributed by atoms with Crippen molar-refractivity contribution in [3.05, 3.63) is 47.4 Å². The molecule has 0 aliphatic carbocycles. The molecule has 1 saturated heterocycles. The van der Waals surface area contributed by atoms with E-state index in [-0.39, 0.29) is 11.9 Å². The highest BCUT2D eigenvalue weighted by Gasteiger charge is 2.19. The molecule has 3 rings (SSSR count). The van der Waals surface area contributed by atoms with Crippen molar-refractivity contribution >= 4 is 0 Å². The van der Waals surface area contributed by atoms with E-state index < -0.39 is 0 Å². The Balaban J connectivity index is 1.58. The average Bonchev–Trinajstić information content (AvgIpc) is 2.89. The van der Waals surface area contributed by atoms with Gasteiger partial charge in [-0.2, -0.15) is 4.98 Å². The molecular formula is C15H18FN3O2. The molecule has 6 heteroatoms. The van der Waals surface area contributed by atoms with Crippen LogP contribution in [-0.2, 0) is 13.0 Å². The zero-order valence-corrected chi connectivity index (χ0v) is 11.7. The van der Waals surface area contributed by atoms with E-state index in [9.17, 15) is 9.50 Å². The topological polar surface area (TPSA) is 62.4 Å². The summed E-state index contributed by atoms with van der Waals surface area (Å²) < 4.78 is 18.4. The van der Waals surface area contributed by atoms with E-state index in [4.69, 9.17) is 4.52 Å². The van der Waals surface area contributed by atoms with Gasteiger partial charge in [0.1, 0.15) is 5.82 Å². The SMILES string of the molecule is OC1CCN(Cc2nc(Cc3cccc(F)c3)no2)CC1. The molecule has 1 aliphatic rings. The van der Waals surface area contributed by atoms with Crippen molar-refractivity contribution < 1.29 is 14.0 Å². The van der Waals surface area contributed by atoms with E-state index in [2.05, 4.69) is 15.0 Å². The highest BCUT2D eigenvalue weighted by atomic mass is 19.1.